The molecular weight excluding hydrogens is 482 g/mol. The number of aryl methyl sites for hydroxylation is 1. The first-order chi connectivity index (χ1) is 18.5. The summed E-state index contributed by atoms with van der Waals surface area (Å²) in [5, 5.41) is 24.9. The largest absolute Gasteiger partial charge is 0.508 e. The number of aliphatic hydroxyl groups is 1. The van der Waals surface area contributed by atoms with Gasteiger partial charge in [0, 0.05) is 13.1 Å². The van der Waals surface area contributed by atoms with Crippen molar-refractivity contribution in [2.24, 2.45) is 0 Å². The molecule has 4 aromatic carbocycles. The number of hydrogen-bond donors (Lipinski definition) is 3. The summed E-state index contributed by atoms with van der Waals surface area (Å²) in [6, 6.07) is 24.5. The van der Waals surface area contributed by atoms with Crippen LogP contribution in [0.25, 0.3) is 21.9 Å². The van der Waals surface area contributed by atoms with Crippen molar-refractivity contribution < 1.29 is 29.2 Å². The van der Waals surface area contributed by atoms with Gasteiger partial charge in [-0.05, 0) is 94.9 Å². The molecule has 0 saturated carbocycles. The fraction of sp³-hybridized carbons (Fsp3) is 0.258. The van der Waals surface area contributed by atoms with Crippen LogP contribution in [0.5, 0.6) is 17.2 Å². The molecule has 5 rings (SSSR count). The van der Waals surface area contributed by atoms with Gasteiger partial charge in [-0.1, -0.05) is 24.3 Å². The van der Waals surface area contributed by atoms with E-state index in [0.29, 0.717) is 24.4 Å². The highest BCUT2D eigenvalue weighted by Gasteiger charge is 2.20. The summed E-state index contributed by atoms with van der Waals surface area (Å²) in [5.41, 5.74) is 3.96. The maximum atomic E-state index is 11.8. The Morgan fingerprint density at radius 3 is 2.55 bits per heavy atom. The van der Waals surface area contributed by atoms with Crippen molar-refractivity contribution in [3.05, 3.63) is 90.0 Å². The predicted octanol–water partition coefficient (Wildman–Crippen LogP) is 4.72. The maximum absolute atomic E-state index is 11.8. The van der Waals surface area contributed by atoms with Crippen molar-refractivity contribution in [1.29, 1.82) is 0 Å². The van der Waals surface area contributed by atoms with Crippen molar-refractivity contribution >= 4 is 16.7 Å². The van der Waals surface area contributed by atoms with Gasteiger partial charge < -0.3 is 29.7 Å². The molecule has 3 N–H and O–H groups in total. The van der Waals surface area contributed by atoms with E-state index >= 15 is 0 Å². The molecule has 7 heteroatoms. The van der Waals surface area contributed by atoms with Crippen LogP contribution in [-0.2, 0) is 11.2 Å². The van der Waals surface area contributed by atoms with Crippen LogP contribution in [0.1, 0.15) is 22.3 Å². The highest BCUT2D eigenvalue weighted by atomic mass is 16.5. The fourth-order valence-electron chi connectivity index (χ4n) is 4.64. The molecule has 0 amide bonds. The Labute approximate surface area is 221 Å². The molecule has 4 aromatic rings. The van der Waals surface area contributed by atoms with Crippen molar-refractivity contribution in [3.8, 4) is 28.4 Å². The van der Waals surface area contributed by atoms with Crippen LogP contribution in [-0.4, -0.2) is 55.2 Å². The Bertz CT molecular complexity index is 1420. The third kappa shape index (κ3) is 6.07. The van der Waals surface area contributed by atoms with Crippen LogP contribution in [0.4, 0.5) is 0 Å². The lowest BCUT2D eigenvalue weighted by Gasteiger charge is -2.27. The number of hydrogen-bond acceptors (Lipinski definition) is 7. The number of carbonyl (C=O) groups excluding carboxylic acids is 1. The summed E-state index contributed by atoms with van der Waals surface area (Å²) in [4.78, 5) is 11.8. The predicted molar refractivity (Wildman–Crippen MR) is 146 cm³/mol. The van der Waals surface area contributed by atoms with E-state index in [-0.39, 0.29) is 24.4 Å². The van der Waals surface area contributed by atoms with Crippen molar-refractivity contribution in [2.45, 2.75) is 25.0 Å². The lowest BCUT2D eigenvalue weighted by Crippen LogP contribution is -2.39. The molecule has 0 unspecified atom stereocenters. The topological polar surface area (TPSA) is 97.3 Å². The zero-order valence-corrected chi connectivity index (χ0v) is 21.2. The van der Waals surface area contributed by atoms with E-state index in [1.54, 1.807) is 30.3 Å². The van der Waals surface area contributed by atoms with E-state index in [9.17, 15) is 15.0 Å². The molecule has 0 radical (unpaired) electrons. The number of benzene rings is 4. The smallest absolute Gasteiger partial charge is 0.337 e. The molecule has 0 saturated heterocycles. The minimum absolute atomic E-state index is 0.0308. The van der Waals surface area contributed by atoms with Gasteiger partial charge in [0.05, 0.1) is 12.7 Å². The number of carbonyl (C=O) groups is 1. The number of fused-ring (bicyclic) bond motifs is 2. The molecule has 0 aromatic heterocycles. The third-order valence-electron chi connectivity index (χ3n) is 6.72. The third-order valence-corrected chi connectivity index (χ3v) is 6.72. The minimum atomic E-state index is -0.656. The average molecular weight is 514 g/mol. The van der Waals surface area contributed by atoms with E-state index in [2.05, 4.69) is 29.6 Å². The summed E-state index contributed by atoms with van der Waals surface area (Å²) in [5.74, 6) is 1.33. The van der Waals surface area contributed by atoms with Crippen LogP contribution in [0.15, 0.2) is 78.9 Å². The first-order valence-corrected chi connectivity index (χ1v) is 12.7. The zero-order chi connectivity index (χ0) is 26.5. The van der Waals surface area contributed by atoms with Crippen molar-refractivity contribution in [2.75, 3.05) is 26.8 Å². The first kappa shape index (κ1) is 25.6. The summed E-state index contributed by atoms with van der Waals surface area (Å²) < 4.78 is 16.6. The highest BCUT2D eigenvalue weighted by Crippen LogP contribution is 2.33. The number of aromatic hydroxyl groups is 1. The van der Waals surface area contributed by atoms with Crippen LogP contribution < -0.4 is 14.8 Å². The number of esters is 1. The van der Waals surface area contributed by atoms with Gasteiger partial charge in [-0.25, -0.2) is 4.79 Å². The van der Waals surface area contributed by atoms with Crippen LogP contribution in [0.2, 0.25) is 0 Å². The Balaban J connectivity index is 1.14. The van der Waals surface area contributed by atoms with Crippen LogP contribution >= 0.6 is 0 Å². The number of methoxy groups -OCH3 is 1. The number of phenolic OH excluding ortho intramolecular Hbond substituents is 1. The minimum Gasteiger partial charge on any atom is -0.508 e. The Kier molecular flexibility index (Phi) is 7.77. The van der Waals surface area contributed by atoms with Gasteiger partial charge in [-0.15, -0.1) is 0 Å². The molecule has 0 bridgehead atoms. The second kappa shape index (κ2) is 11.5. The lowest BCUT2D eigenvalue weighted by molar-refractivity contribution is 0.0601. The number of phenols is 1. The molecule has 0 aliphatic carbocycles. The fourth-order valence-corrected chi connectivity index (χ4v) is 4.64. The average Bonchev–Trinajstić information content (AvgIpc) is 2.95. The summed E-state index contributed by atoms with van der Waals surface area (Å²) >= 11 is 0. The normalized spacial score (nSPS) is 15.4. The standard InChI is InChI=1S/C31H31NO6/c1-36-31(35)25-5-4-21-14-20(2-3-22(21)16-25)23-7-13-30-24(15-23)6-10-29(38-30)18-32-17-27(34)19-37-28-11-8-26(33)9-12-28/h2-5,7-9,11-16,27,29,32-34H,6,10,17-19H2,1H3/t27-,29+/m0/s1. The number of rotatable bonds is 9. The molecular formula is C31H31NO6. The van der Waals surface area contributed by atoms with Gasteiger partial charge >= 0.3 is 5.97 Å². The Morgan fingerprint density at radius 2 is 1.74 bits per heavy atom. The maximum Gasteiger partial charge on any atom is 0.337 e. The number of aliphatic hydroxyl groups excluding tert-OH is 1. The van der Waals surface area contributed by atoms with Crippen molar-refractivity contribution in [1.82, 2.24) is 5.32 Å². The summed E-state index contributed by atoms with van der Waals surface area (Å²) in [7, 11) is 1.39. The molecule has 2 atom stereocenters. The van der Waals surface area contributed by atoms with Gasteiger partial charge in [0.15, 0.2) is 0 Å². The SMILES string of the molecule is COC(=O)c1ccc2cc(-c3ccc4c(c3)CC[C@H](CNC[C@H](O)COc3ccc(O)cc3)O4)ccc2c1. The molecule has 1 aliphatic rings. The molecule has 0 fully saturated rings. The second-order valence-electron chi connectivity index (χ2n) is 9.49. The molecule has 196 valence electrons. The van der Waals surface area contributed by atoms with E-state index in [1.807, 2.05) is 24.3 Å². The Morgan fingerprint density at radius 1 is 1.00 bits per heavy atom. The molecule has 1 aliphatic heterocycles. The highest BCUT2D eigenvalue weighted by molar-refractivity contribution is 5.96. The molecule has 0 spiro atoms. The number of nitrogens with one attached hydrogen (secondary N) is 1. The molecule has 1 heterocycles. The second-order valence-corrected chi connectivity index (χ2v) is 9.49. The monoisotopic (exact) mass is 513 g/mol. The van der Waals surface area contributed by atoms with Crippen LogP contribution in [0.3, 0.4) is 0 Å². The van der Waals surface area contributed by atoms with Gasteiger partial charge in [0.2, 0.25) is 0 Å². The van der Waals surface area contributed by atoms with Gasteiger partial charge in [0.1, 0.15) is 36.1 Å². The van der Waals surface area contributed by atoms with Crippen molar-refractivity contribution in [3.63, 3.8) is 0 Å². The van der Waals surface area contributed by atoms with E-state index < -0.39 is 6.10 Å². The van der Waals surface area contributed by atoms with E-state index in [4.69, 9.17) is 14.2 Å². The number of ether oxygens (including phenoxy) is 3. The summed E-state index contributed by atoms with van der Waals surface area (Å²) in [6.45, 7) is 1.19. The van der Waals surface area contributed by atoms with Crippen LogP contribution in [0, 0.1) is 0 Å². The van der Waals surface area contributed by atoms with Gasteiger partial charge in [-0.3, -0.25) is 0 Å². The Hall–Kier alpha value is -4.07. The first-order valence-electron chi connectivity index (χ1n) is 12.7. The molecule has 7 nitrogen and oxygen atoms in total. The summed E-state index contributed by atoms with van der Waals surface area (Å²) in [6.07, 6.45) is 1.18. The lowest BCUT2D eigenvalue weighted by atomic mass is 9.95. The van der Waals surface area contributed by atoms with E-state index in [1.165, 1.54) is 12.7 Å². The quantitative estimate of drug-likeness (QED) is 0.279. The van der Waals surface area contributed by atoms with E-state index in [0.717, 1.165) is 40.5 Å². The zero-order valence-electron chi connectivity index (χ0n) is 21.2. The molecule has 38 heavy (non-hydrogen) atoms. The van der Waals surface area contributed by atoms with Gasteiger partial charge in [0.25, 0.3) is 0 Å². The van der Waals surface area contributed by atoms with Gasteiger partial charge in [-0.2, -0.15) is 0 Å².